The molecule has 1 unspecified atom stereocenters. The Morgan fingerprint density at radius 1 is 1.30 bits per heavy atom. The van der Waals surface area contributed by atoms with Gasteiger partial charge in [0, 0.05) is 0 Å². The summed E-state index contributed by atoms with van der Waals surface area (Å²) in [6.07, 6.45) is 5.36. The molecule has 20 heavy (non-hydrogen) atoms. The number of hydrogen-bond donors (Lipinski definition) is 2. The lowest BCUT2D eigenvalue weighted by Crippen LogP contribution is -2.50. The minimum absolute atomic E-state index is 0.152. The summed E-state index contributed by atoms with van der Waals surface area (Å²) in [6.45, 7) is 1.79. The molecule has 0 bridgehead atoms. The van der Waals surface area contributed by atoms with Crippen molar-refractivity contribution in [2.75, 3.05) is 12.4 Å². The average molecular weight is 277 g/mol. The molecule has 0 aliphatic heterocycles. The zero-order valence-electron chi connectivity index (χ0n) is 12.2. The molecule has 1 aliphatic rings. The van der Waals surface area contributed by atoms with Crippen LogP contribution >= 0.6 is 0 Å². The van der Waals surface area contributed by atoms with Gasteiger partial charge in [-0.25, -0.2) is 4.79 Å². The van der Waals surface area contributed by atoms with Gasteiger partial charge in [0.1, 0.15) is 11.3 Å². The molecule has 1 saturated carbocycles. The van der Waals surface area contributed by atoms with Gasteiger partial charge in [0.25, 0.3) is 0 Å². The van der Waals surface area contributed by atoms with Gasteiger partial charge in [-0.2, -0.15) is 0 Å². The highest BCUT2D eigenvalue weighted by molar-refractivity contribution is 5.83. The molecule has 4 nitrogen and oxygen atoms in total. The number of hydrogen-bond acceptors (Lipinski definition) is 3. The highest BCUT2D eigenvalue weighted by Gasteiger charge is 2.42. The lowest BCUT2D eigenvalue weighted by atomic mass is 9.75. The van der Waals surface area contributed by atoms with Crippen molar-refractivity contribution >= 4 is 11.7 Å². The highest BCUT2D eigenvalue weighted by Crippen LogP contribution is 2.37. The molecule has 0 heterocycles. The number of rotatable bonds is 5. The predicted octanol–water partition coefficient (Wildman–Crippen LogP) is 3.53. The smallest absolute Gasteiger partial charge is 0.329 e. The molecule has 2 N–H and O–H groups in total. The fourth-order valence-corrected chi connectivity index (χ4v) is 3.04. The van der Waals surface area contributed by atoms with E-state index in [1.165, 1.54) is 6.42 Å². The third-order valence-electron chi connectivity index (χ3n) is 4.37. The van der Waals surface area contributed by atoms with E-state index < -0.39 is 11.5 Å². The maximum absolute atomic E-state index is 11.8. The third kappa shape index (κ3) is 2.89. The van der Waals surface area contributed by atoms with Crippen LogP contribution in [0.4, 0.5) is 5.69 Å². The number of aliphatic carboxylic acids is 1. The second kappa shape index (κ2) is 6.16. The average Bonchev–Trinajstić information content (AvgIpc) is 2.48. The van der Waals surface area contributed by atoms with Crippen molar-refractivity contribution in [3.05, 3.63) is 24.3 Å². The van der Waals surface area contributed by atoms with E-state index in [1.807, 2.05) is 24.3 Å². The molecular weight excluding hydrogens is 254 g/mol. The molecule has 0 saturated heterocycles. The Bertz CT molecular complexity index is 469. The van der Waals surface area contributed by atoms with Gasteiger partial charge in [-0.05, 0) is 37.8 Å². The summed E-state index contributed by atoms with van der Waals surface area (Å²) in [7, 11) is 1.60. The largest absolute Gasteiger partial charge is 0.495 e. The Labute approximate surface area is 120 Å². The number of ether oxygens (including phenoxy) is 1. The van der Waals surface area contributed by atoms with Crippen molar-refractivity contribution in [2.45, 2.75) is 44.6 Å². The van der Waals surface area contributed by atoms with E-state index in [1.54, 1.807) is 14.0 Å². The number of para-hydroxylation sites is 2. The standard InChI is InChI=1S/C16H23NO3/c1-16(15(18)19,12-8-4-3-5-9-12)17-13-10-6-7-11-14(13)20-2/h6-7,10-12,17H,3-5,8-9H2,1-2H3,(H,18,19). The normalized spacial score (nSPS) is 19.1. The quantitative estimate of drug-likeness (QED) is 0.864. The fourth-order valence-electron chi connectivity index (χ4n) is 3.04. The predicted molar refractivity (Wildman–Crippen MR) is 79.2 cm³/mol. The first-order chi connectivity index (χ1) is 9.58. The lowest BCUT2D eigenvalue weighted by molar-refractivity contribution is -0.144. The summed E-state index contributed by atoms with van der Waals surface area (Å²) in [6, 6.07) is 7.46. The second-order valence-electron chi connectivity index (χ2n) is 5.67. The Kier molecular flexibility index (Phi) is 4.53. The number of nitrogens with one attached hydrogen (secondary N) is 1. The molecule has 1 fully saturated rings. The van der Waals surface area contributed by atoms with Crippen LogP contribution in [0, 0.1) is 5.92 Å². The van der Waals surface area contributed by atoms with E-state index in [0.29, 0.717) is 5.75 Å². The first kappa shape index (κ1) is 14.7. The van der Waals surface area contributed by atoms with E-state index in [-0.39, 0.29) is 5.92 Å². The monoisotopic (exact) mass is 277 g/mol. The Morgan fingerprint density at radius 3 is 2.55 bits per heavy atom. The molecule has 110 valence electrons. The van der Waals surface area contributed by atoms with Crippen molar-refractivity contribution in [2.24, 2.45) is 5.92 Å². The van der Waals surface area contributed by atoms with Crippen LogP contribution in [-0.2, 0) is 4.79 Å². The Hall–Kier alpha value is -1.71. The van der Waals surface area contributed by atoms with E-state index >= 15 is 0 Å². The lowest BCUT2D eigenvalue weighted by Gasteiger charge is -2.38. The van der Waals surface area contributed by atoms with Crippen LogP contribution in [0.1, 0.15) is 39.0 Å². The van der Waals surface area contributed by atoms with E-state index in [0.717, 1.165) is 31.4 Å². The molecule has 2 rings (SSSR count). The number of benzene rings is 1. The van der Waals surface area contributed by atoms with Gasteiger partial charge in [-0.15, -0.1) is 0 Å². The SMILES string of the molecule is COc1ccccc1NC(C)(C(=O)O)C1CCCCC1. The Balaban J connectivity index is 2.26. The summed E-state index contributed by atoms with van der Waals surface area (Å²) >= 11 is 0. The minimum atomic E-state index is -0.949. The maximum atomic E-state index is 11.8. The van der Waals surface area contributed by atoms with Gasteiger partial charge in [-0.1, -0.05) is 31.4 Å². The molecule has 0 aromatic heterocycles. The zero-order valence-corrected chi connectivity index (χ0v) is 12.2. The Morgan fingerprint density at radius 2 is 1.95 bits per heavy atom. The zero-order chi connectivity index (χ0) is 14.6. The van der Waals surface area contributed by atoms with Gasteiger partial charge in [0.05, 0.1) is 12.8 Å². The van der Waals surface area contributed by atoms with Gasteiger partial charge in [0.15, 0.2) is 0 Å². The number of anilines is 1. The van der Waals surface area contributed by atoms with E-state index in [9.17, 15) is 9.90 Å². The molecule has 0 radical (unpaired) electrons. The maximum Gasteiger partial charge on any atom is 0.329 e. The van der Waals surface area contributed by atoms with Crippen LogP contribution in [0.25, 0.3) is 0 Å². The molecular formula is C16H23NO3. The molecule has 1 aromatic carbocycles. The molecule has 0 amide bonds. The molecule has 1 aliphatic carbocycles. The minimum Gasteiger partial charge on any atom is -0.495 e. The molecule has 1 aromatic rings. The van der Waals surface area contributed by atoms with Crippen LogP contribution in [-0.4, -0.2) is 23.7 Å². The van der Waals surface area contributed by atoms with Gasteiger partial charge < -0.3 is 15.2 Å². The van der Waals surface area contributed by atoms with Crippen molar-refractivity contribution in [3.8, 4) is 5.75 Å². The molecule has 0 spiro atoms. The number of carbonyl (C=O) groups is 1. The number of methoxy groups -OCH3 is 1. The van der Waals surface area contributed by atoms with Crippen LogP contribution in [0.2, 0.25) is 0 Å². The summed E-state index contributed by atoms with van der Waals surface area (Å²) in [5, 5.41) is 12.9. The number of carboxylic acids is 1. The highest BCUT2D eigenvalue weighted by atomic mass is 16.5. The first-order valence-corrected chi connectivity index (χ1v) is 7.22. The molecule has 4 heteroatoms. The van der Waals surface area contributed by atoms with Crippen LogP contribution in [0.5, 0.6) is 5.75 Å². The third-order valence-corrected chi connectivity index (χ3v) is 4.37. The van der Waals surface area contributed by atoms with Crippen LogP contribution < -0.4 is 10.1 Å². The van der Waals surface area contributed by atoms with Crippen molar-refractivity contribution in [1.29, 1.82) is 0 Å². The van der Waals surface area contributed by atoms with Gasteiger partial charge in [0.2, 0.25) is 0 Å². The summed E-state index contributed by atoms with van der Waals surface area (Å²) in [5.41, 5.74) is -0.208. The van der Waals surface area contributed by atoms with E-state index in [2.05, 4.69) is 5.32 Å². The number of carboxylic acid groups (broad SMARTS) is 1. The van der Waals surface area contributed by atoms with Crippen molar-refractivity contribution in [3.63, 3.8) is 0 Å². The van der Waals surface area contributed by atoms with Crippen molar-refractivity contribution in [1.82, 2.24) is 0 Å². The summed E-state index contributed by atoms with van der Waals surface area (Å²) < 4.78 is 5.30. The van der Waals surface area contributed by atoms with Gasteiger partial charge in [-0.3, -0.25) is 0 Å². The summed E-state index contributed by atoms with van der Waals surface area (Å²) in [4.78, 5) is 11.8. The van der Waals surface area contributed by atoms with Gasteiger partial charge >= 0.3 is 5.97 Å². The van der Waals surface area contributed by atoms with E-state index in [4.69, 9.17) is 4.74 Å². The van der Waals surface area contributed by atoms with Crippen LogP contribution in [0.3, 0.4) is 0 Å². The second-order valence-corrected chi connectivity index (χ2v) is 5.67. The first-order valence-electron chi connectivity index (χ1n) is 7.22. The topological polar surface area (TPSA) is 58.6 Å². The van der Waals surface area contributed by atoms with Crippen LogP contribution in [0.15, 0.2) is 24.3 Å². The van der Waals surface area contributed by atoms with Crippen molar-refractivity contribution < 1.29 is 14.6 Å². The summed E-state index contributed by atoms with van der Waals surface area (Å²) in [5.74, 6) is 0.0322. The molecule has 1 atom stereocenters. The fraction of sp³-hybridized carbons (Fsp3) is 0.562.